The maximum Gasteiger partial charge on any atom is 0.0704 e. The van der Waals surface area contributed by atoms with Crippen molar-refractivity contribution in [2.75, 3.05) is 13.1 Å². The molecule has 3 aliphatic carbocycles. The molecule has 0 unspecified atom stereocenters. The minimum absolute atomic E-state index is 0. The topological polar surface area (TPSA) is 43.7 Å². The highest BCUT2D eigenvalue weighted by Gasteiger charge is 2.50. The van der Waals surface area contributed by atoms with E-state index in [2.05, 4.69) is 57.7 Å². The molecule has 0 amide bonds. The molecule has 1 heterocycles. The summed E-state index contributed by atoms with van der Waals surface area (Å²) in [4.78, 5) is 2.60. The SMILES string of the molecule is CCCCN1C[C@@H](C)C[C@@H](O)[C@@H]1[C@@H](C)c1ccc2c(c1C)C[C@H]1[C@H]2CC=C2C[C@@H](O)CC[C@@]21C.Cl. The van der Waals surface area contributed by atoms with E-state index in [4.69, 9.17) is 0 Å². The summed E-state index contributed by atoms with van der Waals surface area (Å²) in [6.45, 7) is 14.0. The molecule has 2 fully saturated rings. The summed E-state index contributed by atoms with van der Waals surface area (Å²) in [7, 11) is 0. The first-order chi connectivity index (χ1) is 16.2. The minimum Gasteiger partial charge on any atom is -0.393 e. The number of benzene rings is 1. The second kappa shape index (κ2) is 10.5. The van der Waals surface area contributed by atoms with E-state index in [9.17, 15) is 10.2 Å². The normalized spacial score (nSPS) is 37.5. The predicted molar refractivity (Wildman–Crippen MR) is 147 cm³/mol. The zero-order chi connectivity index (χ0) is 24.2. The van der Waals surface area contributed by atoms with Gasteiger partial charge in [0.1, 0.15) is 0 Å². The maximum atomic E-state index is 11.2. The lowest BCUT2D eigenvalue weighted by molar-refractivity contribution is -0.0215. The number of halogens is 1. The number of hydrogen-bond donors (Lipinski definition) is 2. The van der Waals surface area contributed by atoms with Crippen LogP contribution in [-0.2, 0) is 6.42 Å². The van der Waals surface area contributed by atoms with Crippen LogP contribution in [0, 0.1) is 24.2 Å². The Kier molecular flexibility index (Phi) is 8.14. The summed E-state index contributed by atoms with van der Waals surface area (Å²) in [6, 6.07) is 5.08. The fourth-order valence-electron chi connectivity index (χ4n) is 8.50. The molecule has 1 aromatic carbocycles. The third kappa shape index (κ3) is 4.65. The van der Waals surface area contributed by atoms with Crippen molar-refractivity contribution in [3.8, 4) is 0 Å². The monoisotopic (exact) mass is 501 g/mol. The Morgan fingerprint density at radius 1 is 1.20 bits per heavy atom. The average molecular weight is 502 g/mol. The fraction of sp³-hybridized carbons (Fsp3) is 0.742. The zero-order valence-corrected chi connectivity index (χ0v) is 23.4. The van der Waals surface area contributed by atoms with Crippen LogP contribution in [0.4, 0.5) is 0 Å². The number of aliphatic hydroxyl groups is 2. The molecule has 4 aliphatic rings. The highest BCUT2D eigenvalue weighted by Crippen LogP contribution is 2.60. The Morgan fingerprint density at radius 3 is 2.71 bits per heavy atom. The molecule has 1 saturated carbocycles. The van der Waals surface area contributed by atoms with Crippen LogP contribution >= 0.6 is 12.4 Å². The van der Waals surface area contributed by atoms with Crippen molar-refractivity contribution in [3.05, 3.63) is 46.0 Å². The van der Waals surface area contributed by atoms with Gasteiger partial charge in [-0.2, -0.15) is 0 Å². The lowest BCUT2D eigenvalue weighted by Gasteiger charge is -2.48. The lowest BCUT2D eigenvalue weighted by Crippen LogP contribution is -2.53. The van der Waals surface area contributed by atoms with Crippen LogP contribution in [0.1, 0.15) is 107 Å². The van der Waals surface area contributed by atoms with Crippen LogP contribution in [0.5, 0.6) is 0 Å². The number of aliphatic hydroxyl groups excluding tert-OH is 2. The molecule has 1 aliphatic heterocycles. The zero-order valence-electron chi connectivity index (χ0n) is 22.6. The second-order valence-electron chi connectivity index (χ2n) is 12.6. The lowest BCUT2D eigenvalue weighted by atomic mass is 9.57. The van der Waals surface area contributed by atoms with Crippen molar-refractivity contribution < 1.29 is 10.2 Å². The van der Waals surface area contributed by atoms with Gasteiger partial charge in [-0.25, -0.2) is 0 Å². The van der Waals surface area contributed by atoms with Gasteiger partial charge < -0.3 is 10.2 Å². The number of piperidine rings is 1. The van der Waals surface area contributed by atoms with Crippen molar-refractivity contribution in [3.63, 3.8) is 0 Å². The molecule has 0 aromatic heterocycles. The van der Waals surface area contributed by atoms with Gasteiger partial charge >= 0.3 is 0 Å². The quantitative estimate of drug-likeness (QED) is 0.451. The predicted octanol–water partition coefficient (Wildman–Crippen LogP) is 6.53. The third-order valence-corrected chi connectivity index (χ3v) is 10.4. The molecular formula is C31H48ClNO2. The first kappa shape index (κ1) is 27.2. The molecule has 1 aromatic rings. The van der Waals surface area contributed by atoms with E-state index in [1.807, 2.05) is 0 Å². The van der Waals surface area contributed by atoms with Crippen LogP contribution in [0.3, 0.4) is 0 Å². The first-order valence-electron chi connectivity index (χ1n) is 14.2. The summed E-state index contributed by atoms with van der Waals surface area (Å²) in [5.74, 6) is 2.20. The summed E-state index contributed by atoms with van der Waals surface area (Å²) in [5.41, 5.74) is 7.89. The number of unbranched alkanes of at least 4 members (excludes halogenated alkanes) is 1. The molecule has 0 spiro atoms. The number of hydrogen-bond acceptors (Lipinski definition) is 3. The van der Waals surface area contributed by atoms with Crippen LogP contribution in [0.25, 0.3) is 0 Å². The smallest absolute Gasteiger partial charge is 0.0704 e. The van der Waals surface area contributed by atoms with E-state index in [0.29, 0.717) is 23.7 Å². The molecule has 5 rings (SSSR count). The molecule has 3 nitrogen and oxygen atoms in total. The van der Waals surface area contributed by atoms with Crippen LogP contribution in [0.2, 0.25) is 0 Å². The molecule has 8 atom stereocenters. The van der Waals surface area contributed by atoms with Crippen LogP contribution < -0.4 is 0 Å². The van der Waals surface area contributed by atoms with E-state index >= 15 is 0 Å². The third-order valence-electron chi connectivity index (χ3n) is 10.4. The molecule has 1 saturated heterocycles. The summed E-state index contributed by atoms with van der Waals surface area (Å²) < 4.78 is 0. The van der Waals surface area contributed by atoms with Gasteiger partial charge in [0.15, 0.2) is 0 Å². The largest absolute Gasteiger partial charge is 0.393 e. The van der Waals surface area contributed by atoms with Gasteiger partial charge in [-0.1, -0.05) is 57.9 Å². The Labute approximate surface area is 219 Å². The summed E-state index contributed by atoms with van der Waals surface area (Å²) in [5, 5.41) is 21.5. The number of rotatable bonds is 5. The van der Waals surface area contributed by atoms with Gasteiger partial charge in [-0.05, 0) is 110 Å². The van der Waals surface area contributed by atoms with Gasteiger partial charge in [-0.3, -0.25) is 4.90 Å². The molecule has 2 N–H and O–H groups in total. The summed E-state index contributed by atoms with van der Waals surface area (Å²) in [6.07, 6.45) is 10.7. The fourth-order valence-corrected chi connectivity index (χ4v) is 8.50. The highest BCUT2D eigenvalue weighted by atomic mass is 35.5. The number of nitrogens with zero attached hydrogens (tertiary/aromatic N) is 1. The molecule has 0 bridgehead atoms. The number of allylic oxidation sites excluding steroid dienone is 1. The molecule has 4 heteroatoms. The highest BCUT2D eigenvalue weighted by molar-refractivity contribution is 5.85. The van der Waals surface area contributed by atoms with Gasteiger partial charge in [-0.15, -0.1) is 12.4 Å². The van der Waals surface area contributed by atoms with Gasteiger partial charge in [0, 0.05) is 12.6 Å². The van der Waals surface area contributed by atoms with Crippen molar-refractivity contribution in [1.82, 2.24) is 4.90 Å². The Morgan fingerprint density at radius 2 is 1.97 bits per heavy atom. The van der Waals surface area contributed by atoms with Gasteiger partial charge in [0.25, 0.3) is 0 Å². The molecule has 0 radical (unpaired) electrons. The van der Waals surface area contributed by atoms with Crippen LogP contribution in [0.15, 0.2) is 23.8 Å². The van der Waals surface area contributed by atoms with E-state index in [1.165, 1.54) is 36.0 Å². The van der Waals surface area contributed by atoms with E-state index in [1.54, 1.807) is 11.1 Å². The molecule has 196 valence electrons. The molecular weight excluding hydrogens is 454 g/mol. The van der Waals surface area contributed by atoms with Gasteiger partial charge in [0.05, 0.1) is 12.2 Å². The summed E-state index contributed by atoms with van der Waals surface area (Å²) >= 11 is 0. The minimum atomic E-state index is -0.245. The number of likely N-dealkylation sites (tertiary alicyclic amines) is 1. The van der Waals surface area contributed by atoms with Crippen LogP contribution in [-0.4, -0.2) is 46.5 Å². The number of fused-ring (bicyclic) bond motifs is 5. The van der Waals surface area contributed by atoms with Crippen molar-refractivity contribution in [2.24, 2.45) is 17.3 Å². The van der Waals surface area contributed by atoms with E-state index in [-0.39, 0.29) is 36.1 Å². The Hall–Kier alpha value is -0.870. The van der Waals surface area contributed by atoms with E-state index < -0.39 is 0 Å². The Bertz CT molecular complexity index is 944. The maximum absolute atomic E-state index is 11.2. The Balaban J connectivity index is 0.00000289. The van der Waals surface area contributed by atoms with E-state index in [0.717, 1.165) is 45.2 Å². The van der Waals surface area contributed by atoms with Crippen molar-refractivity contribution in [1.29, 1.82) is 0 Å². The average Bonchev–Trinajstić information content (AvgIpc) is 3.19. The first-order valence-corrected chi connectivity index (χ1v) is 14.2. The standard InChI is InChI=1S/C31H47NO2.ClH/c1-6-7-14-32-18-19(2)15-29(34)30(32)21(4)24-10-11-25-26-9-8-22-16-23(33)12-13-31(22,5)28(26)17-27(25)20(24)3;/h8,10-11,19,21,23,26,28-30,33-34H,6-7,9,12-18H2,1-5H3;1H/t19-,21-,23-,26-,28-,29+,30-,31-;/m0./s1. The van der Waals surface area contributed by atoms with Crippen molar-refractivity contribution in [2.45, 2.75) is 116 Å². The second-order valence-corrected chi connectivity index (χ2v) is 12.6. The molecule has 35 heavy (non-hydrogen) atoms. The van der Waals surface area contributed by atoms with Gasteiger partial charge in [0.2, 0.25) is 0 Å². The van der Waals surface area contributed by atoms with Crippen molar-refractivity contribution >= 4 is 12.4 Å².